The highest BCUT2D eigenvalue weighted by molar-refractivity contribution is 6.35. The third-order valence-corrected chi connectivity index (χ3v) is 4.55. The second-order valence-corrected chi connectivity index (χ2v) is 6.51. The van der Waals surface area contributed by atoms with Crippen LogP contribution in [0.15, 0.2) is 18.2 Å². The molecule has 1 unspecified atom stereocenters. The van der Waals surface area contributed by atoms with E-state index in [2.05, 4.69) is 6.92 Å². The van der Waals surface area contributed by atoms with Gasteiger partial charge in [-0.15, -0.1) is 0 Å². The molecule has 24 heavy (non-hydrogen) atoms. The van der Waals surface area contributed by atoms with Crippen LogP contribution in [0.5, 0.6) is 5.75 Å². The fourth-order valence-corrected chi connectivity index (χ4v) is 3.21. The van der Waals surface area contributed by atoms with E-state index in [1.54, 1.807) is 12.1 Å². The van der Waals surface area contributed by atoms with Crippen LogP contribution in [0.3, 0.4) is 0 Å². The van der Waals surface area contributed by atoms with E-state index in [1.807, 2.05) is 4.90 Å². The third kappa shape index (κ3) is 5.28. The molecule has 5 nitrogen and oxygen atoms in total. The van der Waals surface area contributed by atoms with Crippen LogP contribution in [0.25, 0.3) is 0 Å². The van der Waals surface area contributed by atoms with E-state index >= 15 is 0 Å². The van der Waals surface area contributed by atoms with Crippen LogP contribution in [0.4, 0.5) is 0 Å². The number of nitrogens with zero attached hydrogens (tertiary/aromatic N) is 1. The molecule has 1 amide bonds. The fraction of sp³-hybridized carbons (Fsp3) is 0.529. The number of ether oxygens (including phenoxy) is 2. The predicted octanol–water partition coefficient (Wildman–Crippen LogP) is 3.71. The third-order valence-electron chi connectivity index (χ3n) is 4.01. The van der Waals surface area contributed by atoms with Crippen LogP contribution in [0.2, 0.25) is 10.0 Å². The molecular formula is C17H21Cl2NO4. The van der Waals surface area contributed by atoms with Gasteiger partial charge in [-0.25, -0.2) is 4.79 Å². The standard InChI is InChI=1S/C17H21Cl2NO4/c1-2-13-5-3-4-8-20(13)16(21)10-24-17(22)11-23-15-7-6-12(18)9-14(15)19/h6-7,9,13H,2-5,8,10-11H2,1H3. The Hall–Kier alpha value is -1.46. The van der Waals surface area contributed by atoms with E-state index in [0.717, 1.165) is 32.2 Å². The van der Waals surface area contributed by atoms with Crippen LogP contribution < -0.4 is 4.74 Å². The van der Waals surface area contributed by atoms with Crippen molar-refractivity contribution in [3.05, 3.63) is 28.2 Å². The van der Waals surface area contributed by atoms with Crippen molar-refractivity contribution in [1.29, 1.82) is 0 Å². The Labute approximate surface area is 151 Å². The molecule has 2 rings (SSSR count). The van der Waals surface area contributed by atoms with Crippen molar-refractivity contribution < 1.29 is 19.1 Å². The van der Waals surface area contributed by atoms with Crippen LogP contribution in [0.1, 0.15) is 32.6 Å². The molecule has 0 bridgehead atoms. The van der Waals surface area contributed by atoms with E-state index in [4.69, 9.17) is 32.7 Å². The number of hydrogen-bond donors (Lipinski definition) is 0. The van der Waals surface area contributed by atoms with Crippen LogP contribution in [-0.2, 0) is 14.3 Å². The molecule has 7 heteroatoms. The summed E-state index contributed by atoms with van der Waals surface area (Å²) in [6.07, 6.45) is 4.05. The highest BCUT2D eigenvalue weighted by Crippen LogP contribution is 2.27. The monoisotopic (exact) mass is 373 g/mol. The zero-order valence-corrected chi connectivity index (χ0v) is 15.1. The Morgan fingerprint density at radius 2 is 2.04 bits per heavy atom. The number of amides is 1. The second kappa shape index (κ2) is 9.14. The van der Waals surface area contributed by atoms with Gasteiger partial charge in [-0.05, 0) is 43.9 Å². The van der Waals surface area contributed by atoms with Gasteiger partial charge in [0, 0.05) is 17.6 Å². The molecule has 1 aromatic rings. The first-order valence-corrected chi connectivity index (χ1v) is 8.79. The lowest BCUT2D eigenvalue weighted by Crippen LogP contribution is -2.45. The maximum Gasteiger partial charge on any atom is 0.344 e. The van der Waals surface area contributed by atoms with Crippen LogP contribution >= 0.6 is 23.2 Å². The number of esters is 1. The van der Waals surface area contributed by atoms with Gasteiger partial charge >= 0.3 is 5.97 Å². The summed E-state index contributed by atoms with van der Waals surface area (Å²) in [5.74, 6) is -0.426. The Balaban J connectivity index is 1.77. The topological polar surface area (TPSA) is 55.8 Å². The normalized spacial score (nSPS) is 17.5. The number of halogens is 2. The maximum atomic E-state index is 12.2. The number of rotatable bonds is 6. The average molecular weight is 374 g/mol. The van der Waals surface area contributed by atoms with Gasteiger partial charge < -0.3 is 14.4 Å². The summed E-state index contributed by atoms with van der Waals surface area (Å²) in [6.45, 7) is 2.22. The molecule has 0 saturated carbocycles. The lowest BCUT2D eigenvalue weighted by atomic mass is 10.00. The van der Waals surface area contributed by atoms with E-state index in [-0.39, 0.29) is 25.2 Å². The predicted molar refractivity (Wildman–Crippen MR) is 92.6 cm³/mol. The van der Waals surface area contributed by atoms with E-state index in [0.29, 0.717) is 15.8 Å². The van der Waals surface area contributed by atoms with Crippen molar-refractivity contribution in [2.45, 2.75) is 38.6 Å². The SMILES string of the molecule is CCC1CCCCN1C(=O)COC(=O)COc1ccc(Cl)cc1Cl. The Morgan fingerprint density at radius 1 is 1.25 bits per heavy atom. The van der Waals surface area contributed by atoms with Gasteiger partial charge in [0.1, 0.15) is 5.75 Å². The van der Waals surface area contributed by atoms with Crippen molar-refractivity contribution in [3.63, 3.8) is 0 Å². The zero-order valence-electron chi connectivity index (χ0n) is 13.6. The molecule has 132 valence electrons. The van der Waals surface area contributed by atoms with Gasteiger partial charge in [-0.3, -0.25) is 4.79 Å². The summed E-state index contributed by atoms with van der Waals surface area (Å²) in [5, 5.41) is 0.790. The first-order valence-electron chi connectivity index (χ1n) is 8.04. The molecule has 1 aromatic carbocycles. The van der Waals surface area contributed by atoms with Crippen molar-refractivity contribution in [3.8, 4) is 5.75 Å². The number of carbonyl (C=O) groups is 2. The molecule has 1 atom stereocenters. The molecule has 1 saturated heterocycles. The number of carbonyl (C=O) groups excluding carboxylic acids is 2. The largest absolute Gasteiger partial charge is 0.480 e. The summed E-state index contributed by atoms with van der Waals surface area (Å²) >= 11 is 11.7. The highest BCUT2D eigenvalue weighted by Gasteiger charge is 2.25. The van der Waals surface area contributed by atoms with Crippen molar-refractivity contribution in [1.82, 2.24) is 4.90 Å². The lowest BCUT2D eigenvalue weighted by molar-refractivity contribution is -0.155. The molecule has 1 fully saturated rings. The van der Waals surface area contributed by atoms with Gasteiger partial charge in [0.15, 0.2) is 13.2 Å². The molecule has 0 N–H and O–H groups in total. The number of likely N-dealkylation sites (tertiary alicyclic amines) is 1. The number of hydrogen-bond acceptors (Lipinski definition) is 4. The first-order chi connectivity index (χ1) is 11.5. The van der Waals surface area contributed by atoms with Crippen molar-refractivity contribution in [2.75, 3.05) is 19.8 Å². The second-order valence-electron chi connectivity index (χ2n) is 5.67. The summed E-state index contributed by atoms with van der Waals surface area (Å²) in [4.78, 5) is 25.8. The van der Waals surface area contributed by atoms with Gasteiger partial charge in [0.25, 0.3) is 5.91 Å². The van der Waals surface area contributed by atoms with Crippen LogP contribution in [-0.4, -0.2) is 42.6 Å². The summed E-state index contributed by atoms with van der Waals surface area (Å²) in [6, 6.07) is 4.95. The summed E-state index contributed by atoms with van der Waals surface area (Å²) < 4.78 is 10.3. The maximum absolute atomic E-state index is 12.2. The fourth-order valence-electron chi connectivity index (χ4n) is 2.75. The molecule has 1 aliphatic rings. The van der Waals surface area contributed by atoms with Gasteiger partial charge in [0.2, 0.25) is 0 Å². The lowest BCUT2D eigenvalue weighted by Gasteiger charge is -2.35. The molecule has 0 spiro atoms. The Kier molecular flexibility index (Phi) is 7.18. The highest BCUT2D eigenvalue weighted by atomic mass is 35.5. The molecule has 0 radical (unpaired) electrons. The minimum absolute atomic E-state index is 0.153. The first kappa shape index (κ1) is 18.9. The number of benzene rings is 1. The molecule has 0 aliphatic carbocycles. The summed E-state index contributed by atoms with van der Waals surface area (Å²) in [5.41, 5.74) is 0. The van der Waals surface area contributed by atoms with Crippen molar-refractivity contribution in [2.24, 2.45) is 0 Å². The van der Waals surface area contributed by atoms with E-state index in [1.165, 1.54) is 6.07 Å². The average Bonchev–Trinajstić information content (AvgIpc) is 2.58. The molecule has 0 aromatic heterocycles. The molecular weight excluding hydrogens is 353 g/mol. The zero-order chi connectivity index (χ0) is 17.5. The number of piperidine rings is 1. The van der Waals surface area contributed by atoms with Crippen LogP contribution in [0, 0.1) is 0 Å². The summed E-state index contributed by atoms with van der Waals surface area (Å²) in [7, 11) is 0. The molecule has 1 heterocycles. The van der Waals surface area contributed by atoms with E-state index < -0.39 is 5.97 Å². The van der Waals surface area contributed by atoms with Crippen molar-refractivity contribution >= 4 is 35.1 Å². The van der Waals surface area contributed by atoms with Gasteiger partial charge in [-0.1, -0.05) is 30.1 Å². The minimum Gasteiger partial charge on any atom is -0.480 e. The quantitative estimate of drug-likeness (QED) is 0.713. The molecule has 1 aliphatic heterocycles. The van der Waals surface area contributed by atoms with E-state index in [9.17, 15) is 9.59 Å². The Bertz CT molecular complexity index is 594. The minimum atomic E-state index is -0.612. The smallest absolute Gasteiger partial charge is 0.344 e. The Morgan fingerprint density at radius 3 is 2.75 bits per heavy atom. The van der Waals surface area contributed by atoms with Gasteiger partial charge in [-0.2, -0.15) is 0 Å². The van der Waals surface area contributed by atoms with Gasteiger partial charge in [0.05, 0.1) is 5.02 Å².